The molecule has 0 saturated carbocycles. The Kier molecular flexibility index (Phi) is 6.93. The Labute approximate surface area is 195 Å². The fourth-order valence-corrected chi connectivity index (χ4v) is 5.47. The van der Waals surface area contributed by atoms with Gasteiger partial charge >= 0.3 is 0 Å². The van der Waals surface area contributed by atoms with Crippen LogP contribution in [0.4, 0.5) is 11.5 Å². The largest absolute Gasteiger partial charge is 0.357 e. The molecule has 0 aliphatic carbocycles. The van der Waals surface area contributed by atoms with Gasteiger partial charge < -0.3 is 10.2 Å². The van der Waals surface area contributed by atoms with Crippen LogP contribution < -0.4 is 14.5 Å². The van der Waals surface area contributed by atoms with Gasteiger partial charge in [0.1, 0.15) is 5.82 Å². The molecule has 0 spiro atoms. The lowest BCUT2D eigenvalue weighted by Crippen LogP contribution is -2.31. The lowest BCUT2D eigenvalue weighted by Gasteiger charge is -2.23. The molecule has 1 N–H and O–H groups in total. The first kappa shape index (κ1) is 22.8. The monoisotopic (exact) mass is 464 g/mol. The van der Waals surface area contributed by atoms with Crippen molar-refractivity contribution in [2.75, 3.05) is 28.8 Å². The number of aromatic nitrogens is 1. The molecular formula is C25H28N4O3S. The van der Waals surface area contributed by atoms with Crippen LogP contribution in [0, 0.1) is 0 Å². The number of para-hydroxylation sites is 1. The molecule has 7 nitrogen and oxygen atoms in total. The Bertz CT molecular complexity index is 1190. The van der Waals surface area contributed by atoms with Crippen LogP contribution in [0.1, 0.15) is 35.7 Å². The van der Waals surface area contributed by atoms with E-state index in [1.165, 1.54) is 29.3 Å². The minimum atomic E-state index is -3.80. The van der Waals surface area contributed by atoms with Gasteiger partial charge in [-0.2, -0.15) is 0 Å². The number of amides is 1. The summed E-state index contributed by atoms with van der Waals surface area (Å²) in [4.78, 5) is 19.6. The Morgan fingerprint density at radius 1 is 1.03 bits per heavy atom. The van der Waals surface area contributed by atoms with Gasteiger partial charge in [-0.15, -0.1) is 0 Å². The van der Waals surface area contributed by atoms with Gasteiger partial charge in [-0.1, -0.05) is 30.3 Å². The first-order valence-corrected chi connectivity index (χ1v) is 12.6. The third-order valence-corrected chi connectivity index (χ3v) is 7.61. The number of anilines is 2. The van der Waals surface area contributed by atoms with Crippen LogP contribution in [0.25, 0.3) is 0 Å². The molecular weight excluding hydrogens is 436 g/mol. The Hall–Kier alpha value is -3.39. The summed E-state index contributed by atoms with van der Waals surface area (Å²) in [5.41, 5.74) is 1.76. The number of carbonyl (C=O) groups excluding carboxylic acids is 1. The number of hydrogen-bond donors (Lipinski definition) is 1. The normalized spacial score (nSPS) is 13.7. The second kappa shape index (κ2) is 10.0. The average Bonchev–Trinajstić information content (AvgIpc) is 3.39. The predicted octanol–water partition coefficient (Wildman–Crippen LogP) is 3.83. The highest BCUT2D eigenvalue weighted by atomic mass is 32.2. The van der Waals surface area contributed by atoms with Crippen LogP contribution in [-0.4, -0.2) is 38.9 Å². The number of carbonyl (C=O) groups is 1. The predicted molar refractivity (Wildman–Crippen MR) is 130 cm³/mol. The highest BCUT2D eigenvalue weighted by Crippen LogP contribution is 2.24. The molecule has 33 heavy (non-hydrogen) atoms. The summed E-state index contributed by atoms with van der Waals surface area (Å²) in [6, 6.07) is 19.0. The fraction of sp³-hybridized carbons (Fsp3) is 0.280. The molecule has 8 heteroatoms. The number of nitrogens with one attached hydrogen (secondary N) is 1. The molecule has 2 aromatic carbocycles. The molecule has 1 fully saturated rings. The van der Waals surface area contributed by atoms with Gasteiger partial charge in [0.25, 0.3) is 15.9 Å². The van der Waals surface area contributed by atoms with Crippen LogP contribution >= 0.6 is 0 Å². The summed E-state index contributed by atoms with van der Waals surface area (Å²) in [6.45, 7) is 4.44. The standard InChI is InChI=1S/C25H28N4O3S/c1-2-29(22-10-4-3-5-11-22)33(31,32)23-12-8-9-21(17-23)25(30)27-19-20-13-14-24(26-18-20)28-15-6-7-16-28/h3-5,8-14,17-18H,2,6-7,15-16,19H2,1H3,(H,27,30). The van der Waals surface area contributed by atoms with Gasteiger partial charge in [0.2, 0.25) is 0 Å². The summed E-state index contributed by atoms with van der Waals surface area (Å²) in [5.74, 6) is 0.623. The summed E-state index contributed by atoms with van der Waals surface area (Å²) in [6.07, 6.45) is 4.15. The zero-order valence-electron chi connectivity index (χ0n) is 18.6. The highest BCUT2D eigenvalue weighted by Gasteiger charge is 2.24. The van der Waals surface area contributed by atoms with E-state index in [4.69, 9.17) is 0 Å². The van der Waals surface area contributed by atoms with E-state index >= 15 is 0 Å². The maximum absolute atomic E-state index is 13.2. The summed E-state index contributed by atoms with van der Waals surface area (Å²) < 4.78 is 27.8. The molecule has 1 aliphatic rings. The molecule has 1 amide bonds. The van der Waals surface area contributed by atoms with Crippen molar-refractivity contribution in [3.8, 4) is 0 Å². The minimum absolute atomic E-state index is 0.0810. The maximum Gasteiger partial charge on any atom is 0.264 e. The van der Waals surface area contributed by atoms with Crippen LogP contribution in [0.2, 0.25) is 0 Å². The first-order valence-electron chi connectivity index (χ1n) is 11.1. The van der Waals surface area contributed by atoms with E-state index in [9.17, 15) is 13.2 Å². The summed E-state index contributed by atoms with van der Waals surface area (Å²) in [5, 5.41) is 2.86. The van der Waals surface area contributed by atoms with Gasteiger partial charge in [-0.05, 0) is 61.7 Å². The van der Waals surface area contributed by atoms with E-state index in [0.29, 0.717) is 17.8 Å². The molecule has 1 aromatic heterocycles. The molecule has 0 unspecified atom stereocenters. The lowest BCUT2D eigenvalue weighted by atomic mass is 10.2. The molecule has 2 heterocycles. The zero-order valence-corrected chi connectivity index (χ0v) is 19.5. The van der Waals surface area contributed by atoms with Crippen LogP contribution in [0.15, 0.2) is 77.8 Å². The first-order chi connectivity index (χ1) is 16.0. The van der Waals surface area contributed by atoms with Crippen molar-refractivity contribution in [2.24, 2.45) is 0 Å². The van der Waals surface area contributed by atoms with Gasteiger partial charge in [0, 0.05) is 37.9 Å². The second-order valence-corrected chi connectivity index (χ2v) is 9.80. The van der Waals surface area contributed by atoms with Crippen LogP contribution in [0.3, 0.4) is 0 Å². The average molecular weight is 465 g/mol. The molecule has 172 valence electrons. The van der Waals surface area contributed by atoms with Crippen molar-refractivity contribution in [1.82, 2.24) is 10.3 Å². The van der Waals surface area contributed by atoms with Crippen molar-refractivity contribution < 1.29 is 13.2 Å². The van der Waals surface area contributed by atoms with Crippen molar-refractivity contribution in [1.29, 1.82) is 0 Å². The van der Waals surface area contributed by atoms with Crippen LogP contribution in [0.5, 0.6) is 0 Å². The lowest BCUT2D eigenvalue weighted by molar-refractivity contribution is 0.0950. The summed E-state index contributed by atoms with van der Waals surface area (Å²) in [7, 11) is -3.80. The molecule has 0 atom stereocenters. The second-order valence-electron chi connectivity index (χ2n) is 7.93. The third kappa shape index (κ3) is 5.17. The van der Waals surface area contributed by atoms with Crippen molar-refractivity contribution in [3.05, 3.63) is 84.1 Å². The van der Waals surface area contributed by atoms with E-state index in [2.05, 4.69) is 15.2 Å². The van der Waals surface area contributed by atoms with Gasteiger partial charge in [-0.25, -0.2) is 13.4 Å². The number of sulfonamides is 1. The van der Waals surface area contributed by atoms with E-state index < -0.39 is 10.0 Å². The number of benzene rings is 2. The van der Waals surface area contributed by atoms with Crippen molar-refractivity contribution >= 4 is 27.4 Å². The molecule has 1 saturated heterocycles. The molecule has 3 aromatic rings. The van der Waals surface area contributed by atoms with Crippen LogP contribution in [-0.2, 0) is 16.6 Å². The van der Waals surface area contributed by atoms with E-state index in [1.54, 1.807) is 49.5 Å². The number of pyridine rings is 1. The third-order valence-electron chi connectivity index (χ3n) is 5.71. The molecule has 1 aliphatic heterocycles. The SMILES string of the molecule is CCN(c1ccccc1)S(=O)(=O)c1cccc(C(=O)NCc2ccc(N3CCCC3)nc2)c1. The van der Waals surface area contributed by atoms with Gasteiger partial charge in [-0.3, -0.25) is 9.10 Å². The van der Waals surface area contributed by atoms with Crippen molar-refractivity contribution in [2.45, 2.75) is 31.2 Å². The Morgan fingerprint density at radius 3 is 2.45 bits per heavy atom. The highest BCUT2D eigenvalue weighted by molar-refractivity contribution is 7.92. The van der Waals surface area contributed by atoms with Gasteiger partial charge in [0.05, 0.1) is 10.6 Å². The fourth-order valence-electron chi connectivity index (χ4n) is 3.95. The van der Waals surface area contributed by atoms with E-state index in [1.807, 2.05) is 18.2 Å². The number of nitrogens with zero attached hydrogens (tertiary/aromatic N) is 3. The Morgan fingerprint density at radius 2 is 1.79 bits per heavy atom. The minimum Gasteiger partial charge on any atom is -0.357 e. The molecule has 4 rings (SSSR count). The Balaban J connectivity index is 1.45. The number of hydrogen-bond acceptors (Lipinski definition) is 5. The number of rotatable bonds is 8. The molecule has 0 radical (unpaired) electrons. The van der Waals surface area contributed by atoms with Gasteiger partial charge in [0.15, 0.2) is 0 Å². The zero-order chi connectivity index (χ0) is 23.3. The quantitative estimate of drug-likeness (QED) is 0.548. The van der Waals surface area contributed by atoms with Crippen molar-refractivity contribution in [3.63, 3.8) is 0 Å². The summed E-state index contributed by atoms with van der Waals surface area (Å²) >= 11 is 0. The van der Waals surface area contributed by atoms with E-state index in [-0.39, 0.29) is 17.3 Å². The maximum atomic E-state index is 13.2. The van der Waals surface area contributed by atoms with E-state index in [0.717, 1.165) is 24.5 Å². The molecule has 0 bridgehead atoms. The topological polar surface area (TPSA) is 82.6 Å². The smallest absolute Gasteiger partial charge is 0.264 e.